The molecule has 0 aromatic heterocycles. The van der Waals surface area contributed by atoms with Gasteiger partial charge in [0, 0.05) is 5.02 Å². The lowest BCUT2D eigenvalue weighted by atomic mass is 9.85. The van der Waals surface area contributed by atoms with Gasteiger partial charge in [-0.25, -0.2) is 4.79 Å². The third-order valence-electron chi connectivity index (χ3n) is 3.92. The Kier molecular flexibility index (Phi) is 3.94. The lowest BCUT2D eigenvalue weighted by Crippen LogP contribution is -2.23. The minimum absolute atomic E-state index is 0.331. The van der Waals surface area contributed by atoms with Gasteiger partial charge in [0.25, 0.3) is 0 Å². The smallest absolute Gasteiger partial charge is 0.339 e. The molecule has 0 amide bonds. The van der Waals surface area contributed by atoms with Crippen LogP contribution < -0.4 is 0 Å². The van der Waals surface area contributed by atoms with Gasteiger partial charge in [-0.1, -0.05) is 48.0 Å². The van der Waals surface area contributed by atoms with E-state index in [1.165, 1.54) is 0 Å². The predicted octanol–water partition coefficient (Wildman–Crippen LogP) is 3.85. The summed E-state index contributed by atoms with van der Waals surface area (Å²) < 4.78 is 11.0. The molecule has 3 nitrogen and oxygen atoms in total. The van der Waals surface area contributed by atoms with Crippen LogP contribution in [-0.4, -0.2) is 18.7 Å². The van der Waals surface area contributed by atoms with E-state index in [1.807, 2.05) is 49.4 Å². The number of hydrogen-bond acceptors (Lipinski definition) is 3. The summed E-state index contributed by atoms with van der Waals surface area (Å²) in [6.07, 6.45) is -0.632. The first-order chi connectivity index (χ1) is 10.6. The van der Waals surface area contributed by atoms with E-state index in [0.29, 0.717) is 11.6 Å². The van der Waals surface area contributed by atoms with Crippen LogP contribution in [0.2, 0.25) is 5.02 Å². The van der Waals surface area contributed by atoms with Crippen LogP contribution in [0.15, 0.2) is 48.5 Å². The summed E-state index contributed by atoms with van der Waals surface area (Å²) in [5, 5.41) is 0.614. The SMILES string of the molecule is CCOC(=O)C1OC1(c1cccc(Cl)c1)c1ccccc1C. The third kappa shape index (κ3) is 2.40. The van der Waals surface area contributed by atoms with Gasteiger partial charge in [0.05, 0.1) is 6.61 Å². The Morgan fingerprint density at radius 3 is 2.73 bits per heavy atom. The molecular formula is C18H17ClO3. The van der Waals surface area contributed by atoms with Gasteiger partial charge in [0.15, 0.2) is 11.7 Å². The van der Waals surface area contributed by atoms with Crippen LogP contribution in [0, 0.1) is 6.92 Å². The van der Waals surface area contributed by atoms with E-state index in [2.05, 4.69) is 0 Å². The Balaban J connectivity index is 2.10. The summed E-state index contributed by atoms with van der Waals surface area (Å²) in [6, 6.07) is 15.3. The second kappa shape index (κ2) is 5.75. The molecule has 4 heteroatoms. The van der Waals surface area contributed by atoms with E-state index < -0.39 is 11.7 Å². The van der Waals surface area contributed by atoms with Gasteiger partial charge in [0.1, 0.15) is 0 Å². The minimum Gasteiger partial charge on any atom is -0.464 e. The highest BCUT2D eigenvalue weighted by molar-refractivity contribution is 6.30. The number of epoxide rings is 1. The Bertz CT molecular complexity index is 713. The molecule has 0 saturated carbocycles. The molecule has 1 aliphatic rings. The standard InChI is InChI=1S/C18H17ClO3/c1-3-21-17(20)16-18(22-16,13-8-6-9-14(19)11-13)15-10-5-4-7-12(15)2/h4-11,16H,3H2,1-2H3. The lowest BCUT2D eigenvalue weighted by Gasteiger charge is -2.16. The van der Waals surface area contributed by atoms with E-state index >= 15 is 0 Å². The molecule has 0 aliphatic carbocycles. The normalized spacial score (nSPS) is 23.1. The number of halogens is 1. The van der Waals surface area contributed by atoms with Gasteiger partial charge in [-0.15, -0.1) is 0 Å². The highest BCUT2D eigenvalue weighted by atomic mass is 35.5. The Hall–Kier alpha value is -1.84. The van der Waals surface area contributed by atoms with Crippen molar-refractivity contribution in [2.75, 3.05) is 6.61 Å². The van der Waals surface area contributed by atoms with Crippen LogP contribution in [0.3, 0.4) is 0 Å². The quantitative estimate of drug-likeness (QED) is 0.635. The van der Waals surface area contributed by atoms with E-state index in [4.69, 9.17) is 21.1 Å². The fourth-order valence-corrected chi connectivity index (χ4v) is 3.06. The average molecular weight is 317 g/mol. The van der Waals surface area contributed by atoms with Crippen molar-refractivity contribution in [1.29, 1.82) is 0 Å². The number of aryl methyl sites for hydroxylation is 1. The molecule has 0 spiro atoms. The van der Waals surface area contributed by atoms with Crippen molar-refractivity contribution >= 4 is 17.6 Å². The second-order valence-corrected chi connectivity index (χ2v) is 5.75. The summed E-state index contributed by atoms with van der Waals surface area (Å²) in [6.45, 7) is 4.12. The zero-order chi connectivity index (χ0) is 15.7. The van der Waals surface area contributed by atoms with Crippen LogP contribution in [0.1, 0.15) is 23.6 Å². The van der Waals surface area contributed by atoms with Gasteiger partial charge in [0.2, 0.25) is 0 Å². The Morgan fingerprint density at radius 1 is 1.27 bits per heavy atom. The van der Waals surface area contributed by atoms with Gasteiger partial charge in [-0.2, -0.15) is 0 Å². The summed E-state index contributed by atoms with van der Waals surface area (Å²) >= 11 is 6.12. The third-order valence-corrected chi connectivity index (χ3v) is 4.15. The van der Waals surface area contributed by atoms with Crippen LogP contribution >= 0.6 is 11.6 Å². The zero-order valence-corrected chi connectivity index (χ0v) is 13.3. The number of esters is 1. The van der Waals surface area contributed by atoms with E-state index in [1.54, 1.807) is 13.0 Å². The van der Waals surface area contributed by atoms with Crippen LogP contribution in [0.4, 0.5) is 0 Å². The topological polar surface area (TPSA) is 38.8 Å². The molecule has 22 heavy (non-hydrogen) atoms. The molecule has 0 N–H and O–H groups in total. The molecule has 2 atom stereocenters. The Labute approximate surface area is 134 Å². The molecule has 2 aromatic carbocycles. The number of carbonyl (C=O) groups is 1. The highest BCUT2D eigenvalue weighted by Crippen LogP contribution is 2.53. The number of hydrogen-bond donors (Lipinski definition) is 0. The summed E-state index contributed by atoms with van der Waals surface area (Å²) in [4.78, 5) is 12.2. The molecule has 2 aromatic rings. The summed E-state index contributed by atoms with van der Waals surface area (Å²) in [5.74, 6) is -0.342. The van der Waals surface area contributed by atoms with Gasteiger partial charge >= 0.3 is 5.97 Å². The predicted molar refractivity (Wildman–Crippen MR) is 84.9 cm³/mol. The molecular weight excluding hydrogens is 300 g/mol. The molecule has 0 bridgehead atoms. The molecule has 1 saturated heterocycles. The summed E-state index contributed by atoms with van der Waals surface area (Å²) in [5.41, 5.74) is 2.10. The van der Waals surface area contributed by atoms with Crippen molar-refractivity contribution in [1.82, 2.24) is 0 Å². The van der Waals surface area contributed by atoms with Crippen molar-refractivity contribution in [2.45, 2.75) is 25.6 Å². The monoisotopic (exact) mass is 316 g/mol. The van der Waals surface area contributed by atoms with Crippen molar-refractivity contribution in [2.24, 2.45) is 0 Å². The molecule has 1 heterocycles. The van der Waals surface area contributed by atoms with Crippen LogP contribution in [0.5, 0.6) is 0 Å². The average Bonchev–Trinajstić information content (AvgIpc) is 3.25. The van der Waals surface area contributed by atoms with E-state index in [9.17, 15) is 4.79 Å². The van der Waals surface area contributed by atoms with Crippen LogP contribution in [-0.2, 0) is 19.9 Å². The molecule has 1 aliphatic heterocycles. The first-order valence-corrected chi connectivity index (χ1v) is 7.64. The maximum absolute atomic E-state index is 12.2. The van der Waals surface area contributed by atoms with Crippen LogP contribution in [0.25, 0.3) is 0 Å². The number of rotatable bonds is 4. The number of ether oxygens (including phenoxy) is 2. The van der Waals surface area contributed by atoms with E-state index in [-0.39, 0.29) is 5.97 Å². The first-order valence-electron chi connectivity index (χ1n) is 7.26. The van der Waals surface area contributed by atoms with Gasteiger partial charge in [-0.3, -0.25) is 0 Å². The molecule has 114 valence electrons. The van der Waals surface area contributed by atoms with Crippen molar-refractivity contribution in [3.05, 3.63) is 70.2 Å². The van der Waals surface area contributed by atoms with Gasteiger partial charge < -0.3 is 9.47 Å². The molecule has 0 radical (unpaired) electrons. The fourth-order valence-electron chi connectivity index (χ4n) is 2.87. The molecule has 2 unspecified atom stereocenters. The minimum atomic E-state index is -0.803. The lowest BCUT2D eigenvalue weighted by molar-refractivity contribution is -0.144. The van der Waals surface area contributed by atoms with Crippen molar-refractivity contribution in [3.8, 4) is 0 Å². The first kappa shape index (κ1) is 15.1. The Morgan fingerprint density at radius 2 is 2.05 bits per heavy atom. The molecule has 1 fully saturated rings. The second-order valence-electron chi connectivity index (χ2n) is 5.31. The number of benzene rings is 2. The zero-order valence-electron chi connectivity index (χ0n) is 12.5. The maximum Gasteiger partial charge on any atom is 0.339 e. The van der Waals surface area contributed by atoms with Crippen molar-refractivity contribution in [3.63, 3.8) is 0 Å². The maximum atomic E-state index is 12.2. The highest BCUT2D eigenvalue weighted by Gasteiger charge is 2.64. The summed E-state index contributed by atoms with van der Waals surface area (Å²) in [7, 11) is 0. The number of carbonyl (C=O) groups excluding carboxylic acids is 1. The fraction of sp³-hybridized carbons (Fsp3) is 0.278. The van der Waals surface area contributed by atoms with Crippen molar-refractivity contribution < 1.29 is 14.3 Å². The van der Waals surface area contributed by atoms with Gasteiger partial charge in [-0.05, 0) is 42.7 Å². The molecule has 3 rings (SSSR count). The van der Waals surface area contributed by atoms with E-state index in [0.717, 1.165) is 16.7 Å². The largest absolute Gasteiger partial charge is 0.464 e.